The number of nitrogens with one attached hydrogen (secondary N) is 1. The van der Waals surface area contributed by atoms with Gasteiger partial charge in [-0.25, -0.2) is 0 Å². The van der Waals surface area contributed by atoms with Crippen LogP contribution in [0.1, 0.15) is 39.5 Å². The lowest BCUT2D eigenvalue weighted by atomic mass is 9.96. The summed E-state index contributed by atoms with van der Waals surface area (Å²) in [7, 11) is 1.66. The second kappa shape index (κ2) is 9.30. The Morgan fingerprint density at radius 3 is 2.65 bits per heavy atom. The normalized spacial score (nSPS) is 19.3. The molecular weight excluding hydrogens is 256 g/mol. The highest BCUT2D eigenvalue weighted by Gasteiger charge is 2.33. The molecule has 0 spiro atoms. The monoisotopic (exact) mass is 284 g/mol. The second-order valence-electron chi connectivity index (χ2n) is 5.71. The molecule has 0 saturated heterocycles. The first kappa shape index (κ1) is 17.4. The third-order valence-corrected chi connectivity index (χ3v) is 3.31. The van der Waals surface area contributed by atoms with Gasteiger partial charge in [0.05, 0.1) is 25.4 Å². The molecule has 0 heterocycles. The maximum atomic E-state index is 9.30. The molecule has 116 valence electrons. The summed E-state index contributed by atoms with van der Waals surface area (Å²) in [5.41, 5.74) is -0.477. The fraction of sp³-hybridized carbons (Fsp3) is 0.933. The van der Waals surface area contributed by atoms with Crippen LogP contribution in [-0.2, 0) is 14.2 Å². The molecule has 5 nitrogen and oxygen atoms in total. The van der Waals surface area contributed by atoms with E-state index in [-0.39, 0.29) is 6.10 Å². The van der Waals surface area contributed by atoms with Crippen LogP contribution in [0.25, 0.3) is 0 Å². The molecule has 1 aliphatic carbocycles. The lowest BCUT2D eigenvalue weighted by molar-refractivity contribution is 0.0209. The quantitative estimate of drug-likeness (QED) is 0.554. The molecular formula is C15H28N2O3. The Balaban J connectivity index is 2.06. The predicted octanol–water partition coefficient (Wildman–Crippen LogP) is 1.87. The van der Waals surface area contributed by atoms with Gasteiger partial charge < -0.3 is 14.2 Å². The van der Waals surface area contributed by atoms with E-state index in [1.54, 1.807) is 7.11 Å². The van der Waals surface area contributed by atoms with Gasteiger partial charge in [-0.2, -0.15) is 5.26 Å². The summed E-state index contributed by atoms with van der Waals surface area (Å²) in [6.07, 6.45) is 4.03. The molecule has 1 saturated carbocycles. The van der Waals surface area contributed by atoms with Crippen LogP contribution >= 0.6 is 0 Å². The Morgan fingerprint density at radius 1 is 1.30 bits per heavy atom. The van der Waals surface area contributed by atoms with Crippen molar-refractivity contribution in [1.82, 2.24) is 5.32 Å². The average molecular weight is 284 g/mol. The minimum absolute atomic E-state index is 0.0740. The largest absolute Gasteiger partial charge is 0.382 e. The van der Waals surface area contributed by atoms with E-state index in [2.05, 4.69) is 11.4 Å². The maximum Gasteiger partial charge on any atom is 0.106 e. The van der Waals surface area contributed by atoms with Crippen LogP contribution in [-0.4, -0.2) is 51.2 Å². The first-order chi connectivity index (χ1) is 9.59. The van der Waals surface area contributed by atoms with Crippen LogP contribution in [0.3, 0.4) is 0 Å². The first-order valence-electron chi connectivity index (χ1n) is 7.47. The van der Waals surface area contributed by atoms with Crippen molar-refractivity contribution in [2.45, 2.75) is 57.2 Å². The lowest BCUT2D eigenvalue weighted by Gasteiger charge is -2.26. The van der Waals surface area contributed by atoms with Crippen molar-refractivity contribution in [3.63, 3.8) is 0 Å². The first-order valence-corrected chi connectivity index (χ1v) is 7.47. The molecule has 20 heavy (non-hydrogen) atoms. The van der Waals surface area contributed by atoms with Gasteiger partial charge in [0.2, 0.25) is 0 Å². The van der Waals surface area contributed by atoms with Crippen molar-refractivity contribution in [2.24, 2.45) is 0 Å². The number of rotatable bonds is 12. The topological polar surface area (TPSA) is 63.5 Å². The SMILES string of the molecule is COCCOCCCOC(C)CC(C)(C#N)NC1CC1. The zero-order valence-electron chi connectivity index (χ0n) is 13.0. The summed E-state index contributed by atoms with van der Waals surface area (Å²) in [5.74, 6) is 0. The molecule has 1 N–H and O–H groups in total. The van der Waals surface area contributed by atoms with Crippen LogP contribution < -0.4 is 5.32 Å². The van der Waals surface area contributed by atoms with Gasteiger partial charge >= 0.3 is 0 Å². The highest BCUT2D eigenvalue weighted by Crippen LogP contribution is 2.24. The summed E-state index contributed by atoms with van der Waals surface area (Å²) in [4.78, 5) is 0. The van der Waals surface area contributed by atoms with E-state index in [4.69, 9.17) is 14.2 Å². The summed E-state index contributed by atoms with van der Waals surface area (Å²) < 4.78 is 16.0. The van der Waals surface area contributed by atoms with Gasteiger partial charge in [0.25, 0.3) is 0 Å². The smallest absolute Gasteiger partial charge is 0.106 e. The Hall–Kier alpha value is -0.670. The summed E-state index contributed by atoms with van der Waals surface area (Å²) in [6, 6.07) is 2.90. The van der Waals surface area contributed by atoms with Crippen molar-refractivity contribution in [3.05, 3.63) is 0 Å². The number of hydrogen-bond donors (Lipinski definition) is 1. The zero-order valence-corrected chi connectivity index (χ0v) is 13.0. The summed E-state index contributed by atoms with van der Waals surface area (Å²) in [5, 5.41) is 12.7. The van der Waals surface area contributed by atoms with Gasteiger partial charge in [-0.05, 0) is 33.1 Å². The number of ether oxygens (including phenoxy) is 3. The van der Waals surface area contributed by atoms with Crippen LogP contribution in [0.4, 0.5) is 0 Å². The number of hydrogen-bond acceptors (Lipinski definition) is 5. The Kier molecular flexibility index (Phi) is 8.08. The van der Waals surface area contributed by atoms with E-state index in [1.807, 2.05) is 13.8 Å². The van der Waals surface area contributed by atoms with Crippen LogP contribution in [0, 0.1) is 11.3 Å². The molecule has 0 aromatic carbocycles. The van der Waals surface area contributed by atoms with Gasteiger partial charge in [-0.15, -0.1) is 0 Å². The second-order valence-corrected chi connectivity index (χ2v) is 5.71. The summed E-state index contributed by atoms with van der Waals surface area (Å²) in [6.45, 7) is 6.59. The molecule has 0 bridgehead atoms. The molecule has 2 atom stereocenters. The van der Waals surface area contributed by atoms with Gasteiger partial charge in [0, 0.05) is 32.8 Å². The van der Waals surface area contributed by atoms with Gasteiger partial charge in [0.1, 0.15) is 5.54 Å². The summed E-state index contributed by atoms with van der Waals surface area (Å²) >= 11 is 0. The van der Waals surface area contributed by atoms with Crippen molar-refractivity contribution in [2.75, 3.05) is 33.5 Å². The van der Waals surface area contributed by atoms with Crippen molar-refractivity contribution in [1.29, 1.82) is 5.26 Å². The molecule has 1 aliphatic rings. The molecule has 1 fully saturated rings. The van der Waals surface area contributed by atoms with Crippen molar-refractivity contribution in [3.8, 4) is 6.07 Å². The van der Waals surface area contributed by atoms with Crippen LogP contribution in [0.15, 0.2) is 0 Å². The third kappa shape index (κ3) is 7.81. The molecule has 0 amide bonds. The highest BCUT2D eigenvalue weighted by atomic mass is 16.5. The van der Waals surface area contributed by atoms with Crippen LogP contribution in [0.2, 0.25) is 0 Å². The fourth-order valence-corrected chi connectivity index (χ4v) is 2.14. The Bertz CT molecular complexity index is 302. The fourth-order valence-electron chi connectivity index (χ4n) is 2.14. The minimum atomic E-state index is -0.477. The standard InChI is InChI=1S/C15H28N2O3/c1-13(20-8-4-7-19-10-9-18-3)11-15(2,12-16)17-14-5-6-14/h13-14,17H,4-11H2,1-3H3. The number of methoxy groups -OCH3 is 1. The van der Waals surface area contributed by atoms with Crippen molar-refractivity contribution < 1.29 is 14.2 Å². The molecule has 1 rings (SSSR count). The molecule has 5 heteroatoms. The average Bonchev–Trinajstić information content (AvgIpc) is 3.21. The molecule has 2 unspecified atom stereocenters. The molecule has 0 aromatic rings. The predicted molar refractivity (Wildman–Crippen MR) is 77.5 cm³/mol. The molecule has 0 aliphatic heterocycles. The zero-order chi connectivity index (χ0) is 14.8. The van der Waals surface area contributed by atoms with E-state index in [0.29, 0.717) is 38.9 Å². The lowest BCUT2D eigenvalue weighted by Crippen LogP contribution is -2.45. The van der Waals surface area contributed by atoms with Crippen LogP contribution in [0.5, 0.6) is 0 Å². The minimum Gasteiger partial charge on any atom is -0.382 e. The highest BCUT2D eigenvalue weighted by molar-refractivity contribution is 5.07. The van der Waals surface area contributed by atoms with Gasteiger partial charge in [-0.1, -0.05) is 0 Å². The van der Waals surface area contributed by atoms with Crippen molar-refractivity contribution >= 4 is 0 Å². The Labute approximate surface area is 122 Å². The third-order valence-electron chi connectivity index (χ3n) is 3.31. The van der Waals surface area contributed by atoms with Gasteiger partial charge in [0.15, 0.2) is 0 Å². The Morgan fingerprint density at radius 2 is 2.05 bits per heavy atom. The number of nitrogens with zero attached hydrogens (tertiary/aromatic N) is 1. The van der Waals surface area contributed by atoms with E-state index < -0.39 is 5.54 Å². The van der Waals surface area contributed by atoms with E-state index in [9.17, 15) is 5.26 Å². The molecule has 0 radical (unpaired) electrons. The van der Waals surface area contributed by atoms with E-state index >= 15 is 0 Å². The van der Waals surface area contributed by atoms with Gasteiger partial charge in [-0.3, -0.25) is 5.32 Å². The number of nitriles is 1. The van der Waals surface area contributed by atoms with E-state index in [0.717, 1.165) is 6.42 Å². The van der Waals surface area contributed by atoms with E-state index in [1.165, 1.54) is 12.8 Å². The molecule has 0 aromatic heterocycles. The maximum absolute atomic E-state index is 9.30.